The number of methoxy groups -OCH3 is 1. The lowest BCUT2D eigenvalue weighted by Gasteiger charge is -2.30. The van der Waals surface area contributed by atoms with E-state index in [0.29, 0.717) is 36.3 Å². The Kier molecular flexibility index (Phi) is 7.92. The number of carbonyl (C=O) groups excluding carboxylic acids is 3. The summed E-state index contributed by atoms with van der Waals surface area (Å²) in [6.45, 7) is -0.380. The van der Waals surface area contributed by atoms with Crippen molar-refractivity contribution in [3.05, 3.63) is 103 Å². The van der Waals surface area contributed by atoms with Crippen LogP contribution in [0.15, 0.2) is 87.1 Å². The first kappa shape index (κ1) is 30.2. The van der Waals surface area contributed by atoms with Crippen LogP contribution in [0.2, 0.25) is 0 Å². The van der Waals surface area contributed by atoms with Gasteiger partial charge in [0.05, 0.1) is 29.3 Å². The molecule has 2 aliphatic heterocycles. The number of carbonyl (C=O) groups is 3. The van der Waals surface area contributed by atoms with Crippen molar-refractivity contribution in [1.82, 2.24) is 4.57 Å². The zero-order valence-corrected chi connectivity index (χ0v) is 25.9. The molecule has 1 N–H and O–H groups in total. The monoisotopic (exact) mass is 703 g/mol. The highest BCUT2D eigenvalue weighted by Crippen LogP contribution is 2.54. The van der Waals surface area contributed by atoms with Gasteiger partial charge in [-0.05, 0) is 54.1 Å². The fourth-order valence-corrected chi connectivity index (χ4v) is 8.67. The van der Waals surface area contributed by atoms with Crippen LogP contribution >= 0.6 is 39.0 Å². The van der Waals surface area contributed by atoms with Crippen molar-refractivity contribution >= 4 is 68.1 Å². The summed E-state index contributed by atoms with van der Waals surface area (Å²) in [4.78, 5) is 54.8. The summed E-state index contributed by atoms with van der Waals surface area (Å²) in [6.07, 6.45) is -4.81. The molecule has 0 aliphatic carbocycles. The van der Waals surface area contributed by atoms with Gasteiger partial charge < -0.3 is 10.1 Å². The Morgan fingerprint density at radius 3 is 2.41 bits per heavy atom. The van der Waals surface area contributed by atoms with Gasteiger partial charge in [0.15, 0.2) is 0 Å². The summed E-state index contributed by atoms with van der Waals surface area (Å²) >= 11 is 5.20. The van der Waals surface area contributed by atoms with Gasteiger partial charge >= 0.3 is 11.0 Å². The molecule has 3 atom stereocenters. The molecule has 3 amide bonds. The molecule has 44 heavy (non-hydrogen) atoms. The van der Waals surface area contributed by atoms with Crippen molar-refractivity contribution in [2.24, 2.45) is 5.92 Å². The van der Waals surface area contributed by atoms with E-state index in [-0.39, 0.29) is 6.54 Å². The van der Waals surface area contributed by atoms with Crippen LogP contribution in [0, 0.1) is 5.92 Å². The lowest BCUT2D eigenvalue weighted by molar-refractivity contribution is -0.137. The van der Waals surface area contributed by atoms with E-state index < -0.39 is 57.1 Å². The standard InChI is InChI=1S/C30H21BrF3N3O5S2/c1-42-18-11-9-17(10-12-18)35-21(38)14-36-28-25(44-29(36)41)22(15-5-4-6-16(31)13-15)23-24(43-28)27(40)37(26(23)39)20-8-3-2-7-19(20)30(32,33)34/h2-13,22-24H,14H2,1H3,(H,35,38)/t22-,23?,24?/m1/s1. The van der Waals surface area contributed by atoms with E-state index in [1.807, 2.05) is 0 Å². The van der Waals surface area contributed by atoms with Crippen molar-refractivity contribution in [2.45, 2.75) is 28.9 Å². The SMILES string of the molecule is COc1ccc(NC(=O)Cn2c3c(sc2=O)[C@H](c2cccc(Br)c2)C2C(=O)N(c4ccccc4C(F)(F)F)C(=O)C2S3)cc1. The van der Waals surface area contributed by atoms with Gasteiger partial charge in [0, 0.05) is 21.0 Å². The van der Waals surface area contributed by atoms with Gasteiger partial charge in [-0.15, -0.1) is 0 Å². The smallest absolute Gasteiger partial charge is 0.418 e. The average Bonchev–Trinajstić information content (AvgIpc) is 3.43. The average molecular weight is 705 g/mol. The Bertz CT molecular complexity index is 1860. The second kappa shape index (κ2) is 11.6. The minimum atomic E-state index is -4.81. The van der Waals surface area contributed by atoms with E-state index in [0.717, 1.165) is 35.2 Å². The van der Waals surface area contributed by atoms with E-state index in [9.17, 15) is 32.3 Å². The van der Waals surface area contributed by atoms with Crippen molar-refractivity contribution in [3.8, 4) is 5.75 Å². The number of benzene rings is 3. The molecule has 3 aromatic carbocycles. The number of aromatic nitrogens is 1. The first-order valence-electron chi connectivity index (χ1n) is 13.1. The van der Waals surface area contributed by atoms with E-state index in [1.54, 1.807) is 48.5 Å². The lowest BCUT2D eigenvalue weighted by atomic mass is 9.83. The second-order valence-electron chi connectivity index (χ2n) is 10.0. The number of fused-ring (bicyclic) bond motifs is 2. The van der Waals surface area contributed by atoms with Crippen LogP contribution in [0.3, 0.4) is 0 Å². The molecule has 226 valence electrons. The number of ether oxygens (including phenoxy) is 1. The predicted molar refractivity (Wildman–Crippen MR) is 163 cm³/mol. The van der Waals surface area contributed by atoms with E-state index >= 15 is 0 Å². The van der Waals surface area contributed by atoms with Gasteiger partial charge in [-0.25, -0.2) is 4.90 Å². The van der Waals surface area contributed by atoms with Crippen LogP contribution in [0.4, 0.5) is 24.5 Å². The molecule has 1 saturated heterocycles. The number of thioether (sulfide) groups is 1. The zero-order valence-electron chi connectivity index (χ0n) is 22.6. The maximum atomic E-state index is 14.0. The molecule has 0 bridgehead atoms. The minimum Gasteiger partial charge on any atom is -0.497 e. The van der Waals surface area contributed by atoms with E-state index in [1.165, 1.54) is 23.8 Å². The quantitative estimate of drug-likeness (QED) is 0.243. The predicted octanol–water partition coefficient (Wildman–Crippen LogP) is 6.13. The maximum absolute atomic E-state index is 14.0. The van der Waals surface area contributed by atoms with Crippen molar-refractivity contribution in [1.29, 1.82) is 0 Å². The number of anilines is 2. The molecule has 0 saturated carbocycles. The highest BCUT2D eigenvalue weighted by molar-refractivity contribution is 9.10. The number of alkyl halides is 3. The number of nitrogens with zero attached hydrogens (tertiary/aromatic N) is 2. The molecule has 14 heteroatoms. The third kappa shape index (κ3) is 5.35. The van der Waals surface area contributed by atoms with Crippen LogP contribution < -0.4 is 19.8 Å². The molecule has 6 rings (SSSR count). The molecule has 2 aliphatic rings. The number of amides is 3. The number of hydrogen-bond acceptors (Lipinski definition) is 7. The fourth-order valence-electron chi connectivity index (χ4n) is 5.48. The van der Waals surface area contributed by atoms with Crippen LogP contribution in [0.1, 0.15) is 21.9 Å². The van der Waals surface area contributed by atoms with Crippen LogP contribution in [0.25, 0.3) is 0 Å². The van der Waals surface area contributed by atoms with Gasteiger partial charge in [0.25, 0.3) is 0 Å². The topological polar surface area (TPSA) is 97.7 Å². The van der Waals surface area contributed by atoms with Gasteiger partial charge in [-0.1, -0.05) is 63.3 Å². The molecule has 1 aromatic heterocycles. The molecular formula is C30H21BrF3N3O5S2. The third-order valence-electron chi connectivity index (χ3n) is 7.38. The normalized spacial score (nSPS) is 19.5. The molecule has 0 radical (unpaired) electrons. The fraction of sp³-hybridized carbons (Fsp3) is 0.200. The first-order chi connectivity index (χ1) is 21.0. The number of imide groups is 1. The Balaban J connectivity index is 1.41. The number of halogens is 4. The molecule has 2 unspecified atom stereocenters. The van der Waals surface area contributed by atoms with E-state index in [4.69, 9.17) is 4.74 Å². The third-order valence-corrected chi connectivity index (χ3v) is 10.5. The number of nitrogens with one attached hydrogen (secondary N) is 1. The summed E-state index contributed by atoms with van der Waals surface area (Å²) in [5, 5.41) is 1.91. The van der Waals surface area contributed by atoms with Crippen molar-refractivity contribution in [2.75, 3.05) is 17.3 Å². The summed E-state index contributed by atoms with van der Waals surface area (Å²) in [6, 6.07) is 18.0. The molecule has 8 nitrogen and oxygen atoms in total. The van der Waals surface area contributed by atoms with Gasteiger partial charge in [-0.3, -0.25) is 23.7 Å². The summed E-state index contributed by atoms with van der Waals surface area (Å²) in [5.74, 6) is -3.43. The van der Waals surface area contributed by atoms with E-state index in [2.05, 4.69) is 21.2 Å². The van der Waals surface area contributed by atoms with Crippen LogP contribution in [-0.2, 0) is 27.1 Å². The Morgan fingerprint density at radius 1 is 1.00 bits per heavy atom. The van der Waals surface area contributed by atoms with Gasteiger partial charge in [-0.2, -0.15) is 13.2 Å². The van der Waals surface area contributed by atoms with Crippen LogP contribution in [-0.4, -0.2) is 34.6 Å². The minimum absolute atomic E-state index is 0.322. The molecule has 4 aromatic rings. The van der Waals surface area contributed by atoms with Crippen molar-refractivity contribution < 1.29 is 32.3 Å². The summed E-state index contributed by atoms with van der Waals surface area (Å²) < 4.78 is 48.9. The lowest BCUT2D eigenvalue weighted by Crippen LogP contribution is -2.33. The zero-order chi connectivity index (χ0) is 31.3. The number of para-hydroxylation sites is 1. The largest absolute Gasteiger partial charge is 0.497 e. The Hall–Kier alpha value is -3.88. The highest BCUT2D eigenvalue weighted by Gasteiger charge is 2.57. The molecular weight excluding hydrogens is 683 g/mol. The second-order valence-corrected chi connectivity index (χ2v) is 13.1. The number of rotatable bonds is 6. The summed E-state index contributed by atoms with van der Waals surface area (Å²) in [5.41, 5.74) is -0.578. The first-order valence-corrected chi connectivity index (χ1v) is 15.6. The van der Waals surface area contributed by atoms with Crippen molar-refractivity contribution in [3.63, 3.8) is 0 Å². The Labute approximate surface area is 265 Å². The molecule has 0 spiro atoms. The Morgan fingerprint density at radius 2 is 1.73 bits per heavy atom. The maximum Gasteiger partial charge on any atom is 0.418 e. The van der Waals surface area contributed by atoms with Crippen LogP contribution in [0.5, 0.6) is 5.75 Å². The van der Waals surface area contributed by atoms with Gasteiger partial charge in [0.1, 0.15) is 17.5 Å². The molecule has 1 fully saturated rings. The van der Waals surface area contributed by atoms with Gasteiger partial charge in [0.2, 0.25) is 17.7 Å². The highest BCUT2D eigenvalue weighted by atomic mass is 79.9. The number of hydrogen-bond donors (Lipinski definition) is 1. The molecule has 3 heterocycles. The number of thiazole rings is 1. The summed E-state index contributed by atoms with van der Waals surface area (Å²) in [7, 11) is 1.51.